The number of rotatable bonds is 8. The molecule has 162 valence electrons. The van der Waals surface area contributed by atoms with E-state index in [1.165, 1.54) is 42.0 Å². The molecule has 1 atom stereocenters. The summed E-state index contributed by atoms with van der Waals surface area (Å²) in [6.45, 7) is 0.738. The Bertz CT molecular complexity index is 1030. The summed E-state index contributed by atoms with van der Waals surface area (Å²) in [6, 6.07) is 10.5. The Morgan fingerprint density at radius 1 is 1.03 bits per heavy atom. The van der Waals surface area contributed by atoms with E-state index in [4.69, 9.17) is 0 Å². The van der Waals surface area contributed by atoms with Crippen molar-refractivity contribution < 1.29 is 41.0 Å². The van der Waals surface area contributed by atoms with Gasteiger partial charge in [-0.15, -0.1) is 0 Å². The van der Waals surface area contributed by atoms with Crippen molar-refractivity contribution in [3.05, 3.63) is 60.2 Å². The van der Waals surface area contributed by atoms with E-state index in [1.807, 2.05) is 0 Å². The molecule has 0 heterocycles. The minimum absolute atomic E-state index is 0.494. The fraction of sp³-hybridized carbons (Fsp3) is 0.222. The molecule has 30 heavy (non-hydrogen) atoms. The number of sulfonamides is 1. The van der Waals surface area contributed by atoms with E-state index >= 15 is 0 Å². The third-order valence-corrected chi connectivity index (χ3v) is 5.30. The molecule has 0 spiro atoms. The molecule has 0 saturated heterocycles. The number of carboxylic acid groups (broad SMARTS) is 1. The van der Waals surface area contributed by atoms with Gasteiger partial charge in [-0.25, -0.2) is 18.0 Å². The highest BCUT2D eigenvalue weighted by Crippen LogP contribution is 2.35. The van der Waals surface area contributed by atoms with Crippen LogP contribution in [0.25, 0.3) is 0 Å². The minimum Gasteiger partial charge on any atom is -0.478 e. The van der Waals surface area contributed by atoms with Crippen LogP contribution in [0.5, 0.6) is 0 Å². The number of carbonyl (C=O) groups excluding carboxylic acids is 1. The molecular formula is C18H17F3N2O6S. The molecule has 2 aromatic rings. The number of hydrogen-bond acceptors (Lipinski definition) is 6. The van der Waals surface area contributed by atoms with E-state index in [0.29, 0.717) is 0 Å². The number of nitrogens with one attached hydrogen (secondary N) is 2. The highest BCUT2D eigenvalue weighted by atomic mass is 32.2. The van der Waals surface area contributed by atoms with Crippen LogP contribution in [0.2, 0.25) is 0 Å². The number of alkyl halides is 3. The smallest absolute Gasteiger partial charge is 0.437 e. The van der Waals surface area contributed by atoms with Crippen LogP contribution in [0.4, 0.5) is 18.9 Å². The van der Waals surface area contributed by atoms with Crippen molar-refractivity contribution in [2.45, 2.75) is 23.7 Å². The maximum Gasteiger partial charge on any atom is 0.437 e. The van der Waals surface area contributed by atoms with Crippen LogP contribution in [0, 0.1) is 0 Å². The van der Waals surface area contributed by atoms with Gasteiger partial charge in [-0.05, 0) is 31.2 Å². The summed E-state index contributed by atoms with van der Waals surface area (Å²) >= 11 is 0. The number of benzene rings is 2. The van der Waals surface area contributed by atoms with Crippen molar-refractivity contribution in [1.29, 1.82) is 0 Å². The van der Waals surface area contributed by atoms with Gasteiger partial charge in [-0.1, -0.05) is 30.3 Å². The van der Waals surface area contributed by atoms with Crippen molar-refractivity contribution in [3.63, 3.8) is 0 Å². The summed E-state index contributed by atoms with van der Waals surface area (Å²) in [5, 5.41) is 11.0. The molecule has 0 bridgehead atoms. The first-order valence-electron chi connectivity index (χ1n) is 8.38. The molecule has 0 amide bonds. The first-order chi connectivity index (χ1) is 13.9. The Morgan fingerprint density at radius 2 is 1.60 bits per heavy atom. The van der Waals surface area contributed by atoms with Gasteiger partial charge in [0.15, 0.2) is 0 Å². The number of para-hydroxylation sites is 1. The van der Waals surface area contributed by atoms with Crippen LogP contribution < -0.4 is 10.0 Å². The van der Waals surface area contributed by atoms with Crippen LogP contribution >= 0.6 is 0 Å². The number of hydrogen-bond donors (Lipinski definition) is 3. The monoisotopic (exact) mass is 446 g/mol. The highest BCUT2D eigenvalue weighted by molar-refractivity contribution is 7.89. The van der Waals surface area contributed by atoms with Gasteiger partial charge in [0, 0.05) is 0 Å². The zero-order chi connectivity index (χ0) is 22.6. The lowest BCUT2D eigenvalue weighted by Crippen LogP contribution is -2.69. The van der Waals surface area contributed by atoms with Crippen molar-refractivity contribution in [2.24, 2.45) is 0 Å². The van der Waals surface area contributed by atoms with Crippen LogP contribution in [0.15, 0.2) is 59.5 Å². The molecule has 12 heteroatoms. The SMILES string of the molecule is CCOC(=O)[C@@](Nc1ccccc1C(=O)O)(NS(=O)(=O)c1ccccc1)C(F)(F)F. The Kier molecular flexibility index (Phi) is 6.73. The maximum absolute atomic E-state index is 14.2. The van der Waals surface area contributed by atoms with Gasteiger partial charge in [0.05, 0.1) is 22.8 Å². The number of carboxylic acids is 1. The average Bonchev–Trinajstić information content (AvgIpc) is 2.67. The van der Waals surface area contributed by atoms with Crippen LogP contribution in [-0.2, 0) is 19.6 Å². The molecule has 0 fully saturated rings. The van der Waals surface area contributed by atoms with Crippen molar-refractivity contribution in [1.82, 2.24) is 4.72 Å². The molecule has 0 unspecified atom stereocenters. The molecule has 0 radical (unpaired) electrons. The molecule has 2 rings (SSSR count). The maximum atomic E-state index is 14.2. The van der Waals surface area contributed by atoms with Crippen LogP contribution in [-0.4, -0.2) is 43.9 Å². The van der Waals surface area contributed by atoms with E-state index in [9.17, 15) is 36.3 Å². The molecule has 0 aliphatic heterocycles. The first-order valence-corrected chi connectivity index (χ1v) is 9.86. The van der Waals surface area contributed by atoms with Gasteiger partial charge in [0.25, 0.3) is 5.66 Å². The van der Waals surface area contributed by atoms with Crippen molar-refractivity contribution >= 4 is 27.6 Å². The lowest BCUT2D eigenvalue weighted by atomic mass is 10.1. The van der Waals surface area contributed by atoms with E-state index in [-0.39, 0.29) is 0 Å². The quantitative estimate of drug-likeness (QED) is 0.421. The first kappa shape index (κ1) is 23.2. The fourth-order valence-corrected chi connectivity index (χ4v) is 3.73. The third kappa shape index (κ3) is 4.71. The van der Waals surface area contributed by atoms with Gasteiger partial charge in [-0.2, -0.15) is 17.9 Å². The molecule has 0 aromatic heterocycles. The molecule has 0 aliphatic carbocycles. The van der Waals surface area contributed by atoms with Crippen molar-refractivity contribution in [2.75, 3.05) is 11.9 Å². The summed E-state index contributed by atoms with van der Waals surface area (Å²) in [7, 11) is -4.90. The van der Waals surface area contributed by atoms with Gasteiger partial charge >= 0.3 is 18.1 Å². The summed E-state index contributed by atoms with van der Waals surface area (Å²) in [5.74, 6) is -3.60. The molecule has 0 aliphatic rings. The summed E-state index contributed by atoms with van der Waals surface area (Å²) < 4.78 is 73.6. The normalized spacial score (nSPS) is 13.9. The largest absolute Gasteiger partial charge is 0.478 e. The Labute approximate surface area is 169 Å². The fourth-order valence-electron chi connectivity index (χ4n) is 2.44. The van der Waals surface area contributed by atoms with Crippen molar-refractivity contribution in [3.8, 4) is 0 Å². The third-order valence-electron chi connectivity index (χ3n) is 3.83. The lowest BCUT2D eigenvalue weighted by Gasteiger charge is -2.35. The van der Waals surface area contributed by atoms with Crippen LogP contribution in [0.1, 0.15) is 17.3 Å². The van der Waals surface area contributed by atoms with E-state index in [1.54, 1.807) is 5.32 Å². The number of ether oxygens (including phenoxy) is 1. The van der Waals surface area contributed by atoms with Crippen LogP contribution in [0.3, 0.4) is 0 Å². The summed E-state index contributed by atoms with van der Waals surface area (Å²) in [5.41, 5.74) is -5.26. The number of carbonyl (C=O) groups is 2. The minimum atomic E-state index is -5.56. The van der Waals surface area contributed by atoms with E-state index in [2.05, 4.69) is 4.74 Å². The van der Waals surface area contributed by atoms with Gasteiger partial charge in [-0.3, -0.25) is 0 Å². The number of anilines is 1. The second-order valence-electron chi connectivity index (χ2n) is 5.86. The predicted molar refractivity (Wildman–Crippen MR) is 99.2 cm³/mol. The molecule has 3 N–H and O–H groups in total. The van der Waals surface area contributed by atoms with Gasteiger partial charge in [0.2, 0.25) is 10.0 Å². The highest BCUT2D eigenvalue weighted by Gasteiger charge is 2.64. The summed E-state index contributed by atoms with van der Waals surface area (Å²) in [4.78, 5) is 23.3. The molecule has 2 aromatic carbocycles. The summed E-state index contributed by atoms with van der Waals surface area (Å²) in [6.07, 6.45) is -5.56. The zero-order valence-electron chi connectivity index (χ0n) is 15.4. The van der Waals surface area contributed by atoms with E-state index in [0.717, 1.165) is 24.3 Å². The van der Waals surface area contributed by atoms with Gasteiger partial charge in [0.1, 0.15) is 0 Å². The Hall–Kier alpha value is -3.12. The number of aromatic carboxylic acids is 1. The molecule has 8 nitrogen and oxygen atoms in total. The zero-order valence-corrected chi connectivity index (χ0v) is 16.3. The predicted octanol–water partition coefficient (Wildman–Crippen LogP) is 2.60. The standard InChI is InChI=1S/C18H17F3N2O6S/c1-2-29-16(26)17(18(19,20)21,22-14-11-7-6-10-13(14)15(24)25)23-30(27,28)12-8-4-3-5-9-12/h3-11,22-23H,2H2,1H3,(H,24,25)/t17-/m1/s1. The average molecular weight is 446 g/mol. The topological polar surface area (TPSA) is 122 Å². The second kappa shape index (κ2) is 8.71. The second-order valence-corrected chi connectivity index (χ2v) is 7.54. The van der Waals surface area contributed by atoms with Gasteiger partial charge < -0.3 is 15.2 Å². The molecular weight excluding hydrogens is 429 g/mol. The Morgan fingerprint density at radius 3 is 2.13 bits per heavy atom. The lowest BCUT2D eigenvalue weighted by molar-refractivity contribution is -0.202. The van der Waals surface area contributed by atoms with E-state index < -0.39 is 56.6 Å². The Balaban J connectivity index is 2.69. The number of esters is 1. The number of halogens is 3. The molecule has 0 saturated carbocycles.